The largest absolute Gasteiger partial charge is 0.472 e. The molecule has 0 fully saturated rings. The van der Waals surface area contributed by atoms with E-state index in [2.05, 4.69) is 48.5 Å². The fraction of sp³-hybridized carbons (Fsp3) is 0.951. The van der Waals surface area contributed by atoms with Gasteiger partial charge >= 0.3 is 39.5 Å². The van der Waals surface area contributed by atoms with Gasteiger partial charge in [0, 0.05) is 25.7 Å². The number of carbonyl (C=O) groups excluding carboxylic acids is 4. The predicted molar refractivity (Wildman–Crippen MR) is 414 cm³/mol. The highest BCUT2D eigenvalue weighted by Gasteiger charge is 2.30. The summed E-state index contributed by atoms with van der Waals surface area (Å²) in [6.07, 6.45) is 61.2. The van der Waals surface area contributed by atoms with Gasteiger partial charge in [-0.1, -0.05) is 376 Å². The maximum Gasteiger partial charge on any atom is 0.472 e. The third-order valence-electron chi connectivity index (χ3n) is 19.5. The SMILES string of the molecule is CCCCCCCCCCCCCCCC(=O)O[C@H](COC(=O)CCCCCCCCC(C)C)COP(=O)(O)OC[C@H](O)COP(=O)(O)OC[C@@H](COC(=O)CCCCCCCCCCCCCCCCC(C)C)OC(=O)CCCCCCCCCCCCCCCCCCCCC(C)CC. The summed E-state index contributed by atoms with van der Waals surface area (Å²) in [5.74, 6) is 0.238. The summed E-state index contributed by atoms with van der Waals surface area (Å²) in [7, 11) is -9.92. The molecular formula is C82H160O17P2. The number of hydrogen-bond acceptors (Lipinski definition) is 15. The maximum atomic E-state index is 13.1. The summed E-state index contributed by atoms with van der Waals surface area (Å²) in [5, 5.41) is 10.6. The molecule has 0 bridgehead atoms. The van der Waals surface area contributed by atoms with Gasteiger partial charge in [-0.05, 0) is 43.4 Å². The number of aliphatic hydroxyl groups excluding tert-OH is 1. The van der Waals surface area contributed by atoms with E-state index in [1.165, 1.54) is 231 Å². The predicted octanol–water partition coefficient (Wildman–Crippen LogP) is 24.5. The van der Waals surface area contributed by atoms with Crippen molar-refractivity contribution < 1.29 is 80.2 Å². The summed E-state index contributed by atoms with van der Waals surface area (Å²) in [6.45, 7) is 12.0. The van der Waals surface area contributed by atoms with E-state index in [0.717, 1.165) is 108 Å². The Labute approximate surface area is 619 Å². The molecule has 17 nitrogen and oxygen atoms in total. The molecule has 0 saturated carbocycles. The van der Waals surface area contributed by atoms with Crippen LogP contribution >= 0.6 is 15.6 Å². The van der Waals surface area contributed by atoms with Crippen molar-refractivity contribution in [3.63, 3.8) is 0 Å². The number of unbranched alkanes of at least 4 members (excludes halogenated alkanes) is 47. The molecule has 0 aromatic carbocycles. The number of aliphatic hydroxyl groups is 1. The van der Waals surface area contributed by atoms with Crippen LogP contribution in [0.15, 0.2) is 0 Å². The van der Waals surface area contributed by atoms with Crippen molar-refractivity contribution in [2.24, 2.45) is 17.8 Å². The first-order valence-electron chi connectivity index (χ1n) is 42.4. The lowest BCUT2D eigenvalue weighted by atomic mass is 9.99. The molecule has 0 aliphatic rings. The molecule has 0 heterocycles. The normalized spacial score (nSPS) is 14.2. The topological polar surface area (TPSA) is 237 Å². The van der Waals surface area contributed by atoms with Crippen molar-refractivity contribution in [2.45, 2.75) is 446 Å². The van der Waals surface area contributed by atoms with Crippen LogP contribution in [0, 0.1) is 17.8 Å². The minimum Gasteiger partial charge on any atom is -0.462 e. The maximum absolute atomic E-state index is 13.1. The summed E-state index contributed by atoms with van der Waals surface area (Å²) < 4.78 is 68.7. The first kappa shape index (κ1) is 99.1. The molecule has 0 aromatic heterocycles. The van der Waals surface area contributed by atoms with Gasteiger partial charge in [-0.2, -0.15) is 0 Å². The van der Waals surface area contributed by atoms with Gasteiger partial charge in [0.15, 0.2) is 12.2 Å². The zero-order chi connectivity index (χ0) is 74.4. The number of ether oxygens (including phenoxy) is 4. The second-order valence-corrected chi connectivity index (χ2v) is 33.6. The lowest BCUT2D eigenvalue weighted by Crippen LogP contribution is -2.30. The Kier molecular flexibility index (Phi) is 70.9. The highest BCUT2D eigenvalue weighted by molar-refractivity contribution is 7.47. The van der Waals surface area contributed by atoms with Crippen LogP contribution in [0.4, 0.5) is 0 Å². The molecule has 0 aliphatic carbocycles. The molecule has 0 aromatic rings. The number of rotatable bonds is 80. The van der Waals surface area contributed by atoms with Gasteiger partial charge in [0.05, 0.1) is 26.4 Å². The van der Waals surface area contributed by atoms with Crippen molar-refractivity contribution in [1.82, 2.24) is 0 Å². The molecule has 19 heteroatoms. The van der Waals surface area contributed by atoms with E-state index in [0.29, 0.717) is 31.6 Å². The fourth-order valence-electron chi connectivity index (χ4n) is 12.6. The quantitative estimate of drug-likeness (QED) is 0.0222. The third kappa shape index (κ3) is 74.7. The first-order chi connectivity index (χ1) is 48.8. The first-order valence-corrected chi connectivity index (χ1v) is 45.4. The van der Waals surface area contributed by atoms with E-state index in [1.807, 2.05) is 0 Å². The molecule has 6 atom stereocenters. The highest BCUT2D eigenvalue weighted by atomic mass is 31.2. The smallest absolute Gasteiger partial charge is 0.462 e. The Morgan fingerprint density at radius 1 is 0.287 bits per heavy atom. The zero-order valence-corrected chi connectivity index (χ0v) is 68.2. The van der Waals surface area contributed by atoms with Crippen LogP contribution in [-0.4, -0.2) is 96.7 Å². The fourth-order valence-corrected chi connectivity index (χ4v) is 14.2. The second kappa shape index (κ2) is 72.3. The Balaban J connectivity index is 5.20. The molecule has 0 saturated heterocycles. The summed E-state index contributed by atoms with van der Waals surface area (Å²) in [5.41, 5.74) is 0. The number of phosphoric acid groups is 2. The van der Waals surface area contributed by atoms with Gasteiger partial charge in [0.2, 0.25) is 0 Å². The molecular weight excluding hydrogens is 1320 g/mol. The molecule has 0 rings (SSSR count). The van der Waals surface area contributed by atoms with Gasteiger partial charge in [-0.3, -0.25) is 37.3 Å². The molecule has 0 radical (unpaired) electrons. The van der Waals surface area contributed by atoms with Crippen LogP contribution in [0.5, 0.6) is 0 Å². The number of hydrogen-bond donors (Lipinski definition) is 3. The van der Waals surface area contributed by atoms with Crippen molar-refractivity contribution in [3.8, 4) is 0 Å². The molecule has 0 aliphatic heterocycles. The van der Waals surface area contributed by atoms with E-state index in [9.17, 15) is 43.2 Å². The van der Waals surface area contributed by atoms with Gasteiger partial charge in [-0.15, -0.1) is 0 Å². The zero-order valence-electron chi connectivity index (χ0n) is 66.4. The lowest BCUT2D eigenvalue weighted by Gasteiger charge is -2.21. The molecule has 101 heavy (non-hydrogen) atoms. The summed E-state index contributed by atoms with van der Waals surface area (Å²) in [4.78, 5) is 73.0. The second-order valence-electron chi connectivity index (χ2n) is 30.7. The monoisotopic (exact) mass is 1480 g/mol. The van der Waals surface area contributed by atoms with Gasteiger partial charge in [0.1, 0.15) is 19.3 Å². The van der Waals surface area contributed by atoms with E-state index >= 15 is 0 Å². The standard InChI is InChI=1S/C82H160O17P2/c1-8-10-11-12-13-14-15-24-32-37-42-51-58-65-82(87)99-78(70-93-80(85)64-57-50-45-44-47-54-61-74(5)6)72-97-101(90,91)95-68-76(83)67-94-100(88,89)96-71-77(69-92-79(84)63-56-49-41-36-31-27-23-22-25-29-34-39-46-53-60-73(3)4)98-81(86)66-59-52-43-38-33-28-21-19-17-16-18-20-26-30-35-40-48-55-62-75(7)9-2/h73-78,83H,8-72H2,1-7H3,(H,88,89)(H,90,91)/t75?,76-,77-,78-/m1/s1. The summed E-state index contributed by atoms with van der Waals surface area (Å²) in [6, 6.07) is 0. The van der Waals surface area contributed by atoms with Gasteiger partial charge in [0.25, 0.3) is 0 Å². The van der Waals surface area contributed by atoms with Crippen LogP contribution in [0.25, 0.3) is 0 Å². The van der Waals surface area contributed by atoms with E-state index in [-0.39, 0.29) is 25.7 Å². The molecule has 3 unspecified atom stereocenters. The Morgan fingerprint density at radius 3 is 0.752 bits per heavy atom. The van der Waals surface area contributed by atoms with Crippen LogP contribution in [-0.2, 0) is 65.4 Å². The molecule has 600 valence electrons. The van der Waals surface area contributed by atoms with Crippen molar-refractivity contribution in [3.05, 3.63) is 0 Å². The molecule has 0 amide bonds. The van der Waals surface area contributed by atoms with E-state index in [1.54, 1.807) is 0 Å². The number of carbonyl (C=O) groups is 4. The van der Waals surface area contributed by atoms with Crippen molar-refractivity contribution in [2.75, 3.05) is 39.6 Å². The van der Waals surface area contributed by atoms with Crippen LogP contribution < -0.4 is 0 Å². The molecule has 0 spiro atoms. The minimum absolute atomic E-state index is 0.107. The van der Waals surface area contributed by atoms with Crippen molar-refractivity contribution in [1.29, 1.82) is 0 Å². The Morgan fingerprint density at radius 2 is 0.505 bits per heavy atom. The Bertz CT molecular complexity index is 1960. The minimum atomic E-state index is -4.96. The van der Waals surface area contributed by atoms with Crippen LogP contribution in [0.3, 0.4) is 0 Å². The average Bonchev–Trinajstić information content (AvgIpc) is 0.979. The van der Waals surface area contributed by atoms with Gasteiger partial charge in [-0.25, -0.2) is 9.13 Å². The van der Waals surface area contributed by atoms with Crippen molar-refractivity contribution >= 4 is 39.5 Å². The van der Waals surface area contributed by atoms with E-state index < -0.39 is 97.5 Å². The van der Waals surface area contributed by atoms with Gasteiger partial charge < -0.3 is 33.8 Å². The Hall–Kier alpha value is -1.94. The number of phosphoric ester groups is 2. The lowest BCUT2D eigenvalue weighted by molar-refractivity contribution is -0.161. The number of esters is 4. The summed E-state index contributed by atoms with van der Waals surface area (Å²) >= 11 is 0. The van der Waals surface area contributed by atoms with E-state index in [4.69, 9.17) is 37.0 Å². The average molecular weight is 1480 g/mol. The van der Waals surface area contributed by atoms with Crippen LogP contribution in [0.1, 0.15) is 427 Å². The third-order valence-corrected chi connectivity index (χ3v) is 21.4. The highest BCUT2D eigenvalue weighted by Crippen LogP contribution is 2.45. The molecule has 3 N–H and O–H groups in total. The van der Waals surface area contributed by atoms with Crippen LogP contribution in [0.2, 0.25) is 0 Å².